The zero-order valence-corrected chi connectivity index (χ0v) is 21.9. The number of hydrogen-bond acceptors (Lipinski definition) is 7. The number of thioether (sulfide) groups is 1. The standard InChI is InChI=1S/C29H30N4O4S/c1-33-14-13-31-29(33)38-19-25-15-26(22-8-6-21(18-34)7-9-22)37-28(36-25)23-10-4-20(5-11-23)16-32-27(35)24-3-2-12-30-17-24/h2-14,17,25-26,28,34H,15-16,18-19H2,1H3,(H,32,35)/t25-,26+,28+/m1/s1. The molecule has 38 heavy (non-hydrogen) atoms. The van der Waals surface area contributed by atoms with Crippen LogP contribution in [0.2, 0.25) is 0 Å². The van der Waals surface area contributed by atoms with Crippen LogP contribution in [0.1, 0.15) is 51.4 Å². The van der Waals surface area contributed by atoms with E-state index < -0.39 is 6.29 Å². The van der Waals surface area contributed by atoms with Crippen molar-refractivity contribution in [2.24, 2.45) is 7.05 Å². The summed E-state index contributed by atoms with van der Waals surface area (Å²) in [5.41, 5.74) is 4.33. The van der Waals surface area contributed by atoms with Crippen LogP contribution < -0.4 is 5.32 Å². The second-order valence-corrected chi connectivity index (χ2v) is 10.1. The molecule has 0 spiro atoms. The molecule has 1 saturated heterocycles. The van der Waals surface area contributed by atoms with E-state index in [1.807, 2.05) is 66.3 Å². The lowest BCUT2D eigenvalue weighted by Gasteiger charge is -2.36. The first kappa shape index (κ1) is 26.1. The van der Waals surface area contributed by atoms with Gasteiger partial charge in [-0.2, -0.15) is 0 Å². The van der Waals surface area contributed by atoms with Crippen LogP contribution in [0, 0.1) is 0 Å². The van der Waals surface area contributed by atoms with E-state index in [0.29, 0.717) is 18.5 Å². The zero-order chi connectivity index (χ0) is 26.3. The van der Waals surface area contributed by atoms with Crippen molar-refractivity contribution in [2.45, 2.75) is 43.2 Å². The second kappa shape index (κ2) is 12.4. The highest BCUT2D eigenvalue weighted by Gasteiger charge is 2.32. The summed E-state index contributed by atoms with van der Waals surface area (Å²) in [6, 6.07) is 19.3. The SMILES string of the molecule is Cn1ccnc1SC[C@H]1C[C@@H](c2ccc(CO)cc2)O[C@@H](c2ccc(CNC(=O)c3cccnc3)cc2)O1. The summed E-state index contributed by atoms with van der Waals surface area (Å²) >= 11 is 1.66. The van der Waals surface area contributed by atoms with Gasteiger partial charge in [0, 0.05) is 56.1 Å². The quantitative estimate of drug-likeness (QED) is 0.306. The van der Waals surface area contributed by atoms with E-state index in [2.05, 4.69) is 15.3 Å². The number of ether oxygens (including phenoxy) is 2. The highest BCUT2D eigenvalue weighted by Crippen LogP contribution is 2.39. The van der Waals surface area contributed by atoms with Gasteiger partial charge in [-0.05, 0) is 28.8 Å². The second-order valence-electron chi connectivity index (χ2n) is 9.15. The molecule has 9 heteroatoms. The van der Waals surface area contributed by atoms with Crippen molar-refractivity contribution in [2.75, 3.05) is 5.75 Å². The summed E-state index contributed by atoms with van der Waals surface area (Å²) in [5, 5.41) is 13.3. The molecule has 0 saturated carbocycles. The molecular formula is C29H30N4O4S. The van der Waals surface area contributed by atoms with Crippen molar-refractivity contribution in [1.82, 2.24) is 19.9 Å². The minimum absolute atomic E-state index is 0.00943. The van der Waals surface area contributed by atoms with Crippen molar-refractivity contribution < 1.29 is 19.4 Å². The van der Waals surface area contributed by atoms with E-state index in [1.165, 1.54) is 0 Å². The first-order valence-corrected chi connectivity index (χ1v) is 13.5. The largest absolute Gasteiger partial charge is 0.392 e. The number of pyridine rings is 1. The number of aromatic nitrogens is 3. The Hall–Kier alpha value is -3.50. The molecule has 5 rings (SSSR count). The number of aryl methyl sites for hydroxylation is 1. The van der Waals surface area contributed by atoms with Crippen molar-refractivity contribution >= 4 is 17.7 Å². The lowest BCUT2D eigenvalue weighted by Crippen LogP contribution is -2.31. The average Bonchev–Trinajstić information content (AvgIpc) is 3.39. The van der Waals surface area contributed by atoms with Gasteiger partial charge in [0.25, 0.3) is 5.91 Å². The number of carbonyl (C=O) groups excluding carboxylic acids is 1. The van der Waals surface area contributed by atoms with Crippen LogP contribution in [0.4, 0.5) is 0 Å². The summed E-state index contributed by atoms with van der Waals surface area (Å²) in [7, 11) is 1.98. The van der Waals surface area contributed by atoms with Gasteiger partial charge in [-0.25, -0.2) is 4.98 Å². The third kappa shape index (κ3) is 6.49. The predicted octanol–water partition coefficient (Wildman–Crippen LogP) is 4.58. The van der Waals surface area contributed by atoms with Crippen molar-refractivity contribution in [3.8, 4) is 0 Å². The Labute approximate surface area is 226 Å². The number of benzene rings is 2. The van der Waals surface area contributed by atoms with Crippen molar-refractivity contribution in [3.63, 3.8) is 0 Å². The minimum atomic E-state index is -0.530. The number of amides is 1. The Kier molecular flexibility index (Phi) is 8.50. The average molecular weight is 531 g/mol. The molecule has 1 fully saturated rings. The molecule has 3 heterocycles. The number of rotatable bonds is 9. The third-order valence-corrected chi connectivity index (χ3v) is 7.61. The van der Waals surface area contributed by atoms with Crippen molar-refractivity contribution in [1.29, 1.82) is 0 Å². The molecule has 1 amide bonds. The molecule has 1 aliphatic rings. The predicted molar refractivity (Wildman–Crippen MR) is 144 cm³/mol. The van der Waals surface area contributed by atoms with Gasteiger partial charge in [0.15, 0.2) is 11.4 Å². The number of imidazole rings is 1. The zero-order valence-electron chi connectivity index (χ0n) is 21.1. The summed E-state index contributed by atoms with van der Waals surface area (Å²) in [4.78, 5) is 20.7. The van der Waals surface area contributed by atoms with Crippen LogP contribution in [0.3, 0.4) is 0 Å². The van der Waals surface area contributed by atoms with E-state index >= 15 is 0 Å². The number of nitrogens with one attached hydrogen (secondary N) is 1. The van der Waals surface area contributed by atoms with E-state index in [9.17, 15) is 9.90 Å². The summed E-state index contributed by atoms with van der Waals surface area (Å²) in [5.74, 6) is 0.582. The fourth-order valence-electron chi connectivity index (χ4n) is 4.26. The van der Waals surface area contributed by atoms with Gasteiger partial charge in [-0.1, -0.05) is 60.3 Å². The monoisotopic (exact) mass is 530 g/mol. The molecular weight excluding hydrogens is 500 g/mol. The number of nitrogens with zero attached hydrogens (tertiary/aromatic N) is 3. The Morgan fingerprint density at radius 1 is 1.05 bits per heavy atom. The maximum absolute atomic E-state index is 12.3. The molecule has 3 atom stereocenters. The van der Waals surface area contributed by atoms with Gasteiger partial charge in [-0.3, -0.25) is 9.78 Å². The molecule has 0 bridgehead atoms. The maximum atomic E-state index is 12.3. The molecule has 0 aliphatic carbocycles. The third-order valence-electron chi connectivity index (χ3n) is 6.42. The number of aliphatic hydroxyl groups excluding tert-OH is 1. The van der Waals surface area contributed by atoms with Crippen LogP contribution in [-0.4, -0.2) is 37.4 Å². The molecule has 196 valence electrons. The lowest BCUT2D eigenvalue weighted by molar-refractivity contribution is -0.245. The van der Waals surface area contributed by atoms with Crippen LogP contribution in [-0.2, 0) is 29.7 Å². The molecule has 0 unspecified atom stereocenters. The van der Waals surface area contributed by atoms with Gasteiger partial charge in [0.1, 0.15) is 0 Å². The molecule has 2 aromatic carbocycles. The van der Waals surface area contributed by atoms with E-state index in [4.69, 9.17) is 9.47 Å². The number of hydrogen-bond donors (Lipinski definition) is 2. The van der Waals surface area contributed by atoms with Gasteiger partial charge in [0.2, 0.25) is 0 Å². The smallest absolute Gasteiger partial charge is 0.253 e. The Morgan fingerprint density at radius 2 is 1.82 bits per heavy atom. The number of aliphatic hydroxyl groups is 1. The first-order valence-electron chi connectivity index (χ1n) is 12.5. The highest BCUT2D eigenvalue weighted by molar-refractivity contribution is 7.99. The fourth-order valence-corrected chi connectivity index (χ4v) is 5.20. The topological polar surface area (TPSA) is 98.5 Å². The highest BCUT2D eigenvalue weighted by atomic mass is 32.2. The van der Waals surface area contributed by atoms with Gasteiger partial charge in [0.05, 0.1) is 24.4 Å². The van der Waals surface area contributed by atoms with Crippen LogP contribution >= 0.6 is 11.8 Å². The van der Waals surface area contributed by atoms with Gasteiger partial charge >= 0.3 is 0 Å². The van der Waals surface area contributed by atoms with Crippen LogP contribution in [0.25, 0.3) is 0 Å². The van der Waals surface area contributed by atoms with Gasteiger partial charge in [-0.15, -0.1) is 0 Å². The van der Waals surface area contributed by atoms with Crippen LogP contribution in [0.5, 0.6) is 0 Å². The molecule has 2 aromatic heterocycles. The molecule has 8 nitrogen and oxygen atoms in total. The van der Waals surface area contributed by atoms with Crippen molar-refractivity contribution in [3.05, 3.63) is 113 Å². The Balaban J connectivity index is 1.27. The fraction of sp³-hybridized carbons (Fsp3) is 0.276. The Bertz CT molecular complexity index is 1330. The molecule has 1 aliphatic heterocycles. The Morgan fingerprint density at radius 3 is 2.50 bits per heavy atom. The lowest BCUT2D eigenvalue weighted by atomic mass is 10.0. The molecule has 4 aromatic rings. The van der Waals surface area contributed by atoms with E-state index in [1.54, 1.807) is 42.5 Å². The number of carbonyl (C=O) groups is 1. The molecule has 2 N–H and O–H groups in total. The summed E-state index contributed by atoms with van der Waals surface area (Å²) in [6.45, 7) is 0.415. The van der Waals surface area contributed by atoms with Gasteiger partial charge < -0.3 is 24.5 Å². The minimum Gasteiger partial charge on any atom is -0.392 e. The maximum Gasteiger partial charge on any atom is 0.253 e. The normalized spacial score (nSPS) is 19.3. The van der Waals surface area contributed by atoms with Crippen LogP contribution in [0.15, 0.2) is 90.6 Å². The summed E-state index contributed by atoms with van der Waals surface area (Å²) in [6.07, 6.45) is 6.91. The van der Waals surface area contributed by atoms with E-state index in [-0.39, 0.29) is 24.7 Å². The van der Waals surface area contributed by atoms with E-state index in [0.717, 1.165) is 33.2 Å². The molecule has 0 radical (unpaired) electrons. The summed E-state index contributed by atoms with van der Waals surface area (Å²) < 4.78 is 14.8. The first-order chi connectivity index (χ1) is 18.6.